The third-order valence-corrected chi connectivity index (χ3v) is 6.38. The minimum atomic E-state index is -3.48. The van der Waals surface area contributed by atoms with Crippen molar-refractivity contribution in [1.29, 1.82) is 0 Å². The summed E-state index contributed by atoms with van der Waals surface area (Å²) < 4.78 is 32.4. The molecule has 1 N–H and O–H groups in total. The molecule has 0 aliphatic heterocycles. The van der Waals surface area contributed by atoms with Crippen LogP contribution < -0.4 is 4.72 Å². The molecule has 7 heteroatoms. The number of furan rings is 1. The lowest BCUT2D eigenvalue weighted by molar-refractivity contribution is -0.125. The number of hydrogen-bond donors (Lipinski definition) is 1. The van der Waals surface area contributed by atoms with Crippen LogP contribution >= 0.6 is 0 Å². The van der Waals surface area contributed by atoms with E-state index < -0.39 is 10.0 Å². The van der Waals surface area contributed by atoms with E-state index in [0.29, 0.717) is 13.1 Å². The minimum absolute atomic E-state index is 0.147. The molecule has 0 spiro atoms. The van der Waals surface area contributed by atoms with E-state index in [-0.39, 0.29) is 10.8 Å². The summed E-state index contributed by atoms with van der Waals surface area (Å²) >= 11 is 0. The van der Waals surface area contributed by atoms with Crippen molar-refractivity contribution in [2.24, 2.45) is 0 Å². The number of sulfonamides is 1. The molecule has 3 aromatic rings. The summed E-state index contributed by atoms with van der Waals surface area (Å²) in [5.74, 6) is 0.740. The van der Waals surface area contributed by atoms with Gasteiger partial charge in [-0.1, -0.05) is 44.2 Å². The fraction of sp³-hybridized carbons (Fsp3) is 0.261. The Labute approximate surface area is 177 Å². The summed E-state index contributed by atoms with van der Waals surface area (Å²) in [6.45, 7) is 4.54. The summed E-state index contributed by atoms with van der Waals surface area (Å²) in [6, 6.07) is 14.2. The normalized spacial score (nSPS) is 12.0. The maximum atomic E-state index is 12.6. The first-order chi connectivity index (χ1) is 14.4. The third-order valence-electron chi connectivity index (χ3n) is 4.82. The van der Waals surface area contributed by atoms with Crippen LogP contribution in [-0.4, -0.2) is 32.8 Å². The lowest BCUT2D eigenvalue weighted by atomic mass is 10.1. The van der Waals surface area contributed by atoms with Crippen LogP contribution in [0.2, 0.25) is 0 Å². The lowest BCUT2D eigenvalue weighted by Crippen LogP contribution is -2.24. The number of benzene rings is 2. The van der Waals surface area contributed by atoms with Gasteiger partial charge in [-0.2, -0.15) is 0 Å². The van der Waals surface area contributed by atoms with Gasteiger partial charge < -0.3 is 9.32 Å². The highest BCUT2D eigenvalue weighted by atomic mass is 32.2. The zero-order chi connectivity index (χ0) is 21.7. The van der Waals surface area contributed by atoms with E-state index in [4.69, 9.17) is 4.42 Å². The predicted molar refractivity (Wildman–Crippen MR) is 118 cm³/mol. The van der Waals surface area contributed by atoms with Crippen molar-refractivity contribution in [3.8, 4) is 0 Å². The molecule has 3 rings (SSSR count). The van der Waals surface area contributed by atoms with Crippen LogP contribution in [0.15, 0.2) is 63.9 Å². The van der Waals surface area contributed by atoms with Crippen LogP contribution in [0.25, 0.3) is 17.0 Å². The molecule has 0 fully saturated rings. The van der Waals surface area contributed by atoms with Crippen LogP contribution in [0.3, 0.4) is 0 Å². The van der Waals surface area contributed by atoms with Crippen molar-refractivity contribution in [1.82, 2.24) is 9.62 Å². The van der Waals surface area contributed by atoms with Crippen molar-refractivity contribution >= 4 is 33.0 Å². The maximum Gasteiger partial charge on any atom is 0.246 e. The Bertz CT molecular complexity index is 1160. The van der Waals surface area contributed by atoms with Gasteiger partial charge in [0.1, 0.15) is 11.3 Å². The molecule has 0 bridgehead atoms. The molecule has 1 heterocycles. The van der Waals surface area contributed by atoms with Crippen LogP contribution in [0, 0.1) is 0 Å². The Morgan fingerprint density at radius 2 is 1.80 bits per heavy atom. The molecule has 6 nitrogen and oxygen atoms in total. The molecule has 0 unspecified atom stereocenters. The molecule has 0 atom stereocenters. The Morgan fingerprint density at radius 1 is 1.10 bits per heavy atom. The standard InChI is InChI=1S/C23H26N2O4S/c1-4-21-20(19-8-6-7-9-22(19)29-21)16-25(3)23(26)15-12-17-10-13-18(14-11-17)30(27,28)24-5-2/h6-15,24H,4-5,16H2,1-3H3/b15-12+. The van der Waals surface area contributed by atoms with Gasteiger partial charge in [0.2, 0.25) is 15.9 Å². The summed E-state index contributed by atoms with van der Waals surface area (Å²) in [5, 5.41) is 1.02. The molecular weight excluding hydrogens is 400 g/mol. The number of rotatable bonds is 8. The molecular formula is C23H26N2O4S. The number of likely N-dealkylation sites (N-methyl/N-ethyl adjacent to an activating group) is 1. The van der Waals surface area contributed by atoms with Gasteiger partial charge in [0.05, 0.1) is 4.90 Å². The zero-order valence-corrected chi connectivity index (χ0v) is 18.2. The molecule has 0 aliphatic carbocycles. The maximum absolute atomic E-state index is 12.6. The van der Waals surface area contributed by atoms with Crippen molar-refractivity contribution in [2.75, 3.05) is 13.6 Å². The molecule has 0 saturated heterocycles. The van der Waals surface area contributed by atoms with E-state index in [1.165, 1.54) is 18.2 Å². The summed E-state index contributed by atoms with van der Waals surface area (Å²) in [4.78, 5) is 14.4. The molecule has 1 amide bonds. The van der Waals surface area contributed by atoms with Gasteiger partial charge >= 0.3 is 0 Å². The van der Waals surface area contributed by atoms with Gasteiger partial charge in [0.15, 0.2) is 0 Å². The topological polar surface area (TPSA) is 79.6 Å². The average molecular weight is 427 g/mol. The quantitative estimate of drug-likeness (QED) is 0.553. The molecule has 0 aliphatic rings. The Morgan fingerprint density at radius 3 is 2.47 bits per heavy atom. The number of nitrogens with zero attached hydrogens (tertiary/aromatic N) is 1. The highest BCUT2D eigenvalue weighted by Gasteiger charge is 2.16. The van der Waals surface area contributed by atoms with Gasteiger partial charge in [0.25, 0.3) is 0 Å². The summed E-state index contributed by atoms with van der Waals surface area (Å²) in [7, 11) is -1.73. The number of fused-ring (bicyclic) bond motifs is 1. The minimum Gasteiger partial charge on any atom is -0.461 e. The number of amides is 1. The van der Waals surface area contributed by atoms with Gasteiger partial charge in [-0.25, -0.2) is 13.1 Å². The fourth-order valence-corrected chi connectivity index (χ4v) is 4.29. The molecule has 158 valence electrons. The Kier molecular flexibility index (Phi) is 6.74. The smallest absolute Gasteiger partial charge is 0.246 e. The van der Waals surface area contributed by atoms with Crippen molar-refractivity contribution in [3.63, 3.8) is 0 Å². The number of hydrogen-bond acceptors (Lipinski definition) is 4. The van der Waals surface area contributed by atoms with E-state index >= 15 is 0 Å². The molecule has 1 aromatic heterocycles. The van der Waals surface area contributed by atoms with Gasteiger partial charge in [-0.15, -0.1) is 0 Å². The number of carbonyl (C=O) groups excluding carboxylic acids is 1. The molecule has 0 radical (unpaired) electrons. The van der Waals surface area contributed by atoms with E-state index in [2.05, 4.69) is 4.72 Å². The second-order valence-corrected chi connectivity index (χ2v) is 8.72. The molecule has 0 saturated carbocycles. The lowest BCUT2D eigenvalue weighted by Gasteiger charge is -2.15. The fourth-order valence-electron chi connectivity index (χ4n) is 3.25. The Balaban J connectivity index is 1.71. The number of carbonyl (C=O) groups is 1. The first-order valence-corrected chi connectivity index (χ1v) is 11.4. The molecule has 30 heavy (non-hydrogen) atoms. The first kappa shape index (κ1) is 21.8. The van der Waals surface area contributed by atoms with Crippen molar-refractivity contribution < 1.29 is 17.6 Å². The summed E-state index contributed by atoms with van der Waals surface area (Å²) in [6.07, 6.45) is 3.92. The van der Waals surface area contributed by atoms with E-state index in [9.17, 15) is 13.2 Å². The van der Waals surface area contributed by atoms with Crippen LogP contribution in [0.5, 0.6) is 0 Å². The second-order valence-electron chi connectivity index (χ2n) is 6.95. The largest absolute Gasteiger partial charge is 0.461 e. The highest BCUT2D eigenvalue weighted by molar-refractivity contribution is 7.89. The van der Waals surface area contributed by atoms with Crippen LogP contribution in [0.1, 0.15) is 30.7 Å². The Hall–Kier alpha value is -2.90. The first-order valence-electron chi connectivity index (χ1n) is 9.88. The number of aryl methyl sites for hydroxylation is 1. The average Bonchev–Trinajstić information content (AvgIpc) is 3.10. The van der Waals surface area contributed by atoms with E-state index in [0.717, 1.165) is 34.3 Å². The molecule has 2 aromatic carbocycles. The number of para-hydroxylation sites is 1. The second kappa shape index (κ2) is 9.28. The SMILES string of the molecule is CCNS(=O)(=O)c1ccc(/C=C/C(=O)N(C)Cc2c(CC)oc3ccccc23)cc1. The summed E-state index contributed by atoms with van der Waals surface area (Å²) in [5.41, 5.74) is 2.60. The van der Waals surface area contributed by atoms with E-state index in [1.807, 2.05) is 31.2 Å². The van der Waals surface area contributed by atoms with Crippen LogP contribution in [-0.2, 0) is 27.8 Å². The van der Waals surface area contributed by atoms with Crippen LogP contribution in [0.4, 0.5) is 0 Å². The third kappa shape index (κ3) is 4.80. The van der Waals surface area contributed by atoms with Crippen molar-refractivity contribution in [3.05, 3.63) is 71.5 Å². The zero-order valence-electron chi connectivity index (χ0n) is 17.4. The van der Waals surface area contributed by atoms with Gasteiger partial charge in [0, 0.05) is 43.6 Å². The highest BCUT2D eigenvalue weighted by Crippen LogP contribution is 2.27. The monoisotopic (exact) mass is 426 g/mol. The van der Waals surface area contributed by atoms with E-state index in [1.54, 1.807) is 37.1 Å². The predicted octanol–water partition coefficient (Wildman–Crippen LogP) is 3.97. The van der Waals surface area contributed by atoms with Crippen molar-refractivity contribution in [2.45, 2.75) is 31.7 Å². The van der Waals surface area contributed by atoms with Gasteiger partial charge in [-0.05, 0) is 29.8 Å². The number of nitrogens with one attached hydrogen (secondary N) is 1. The van der Waals surface area contributed by atoms with Gasteiger partial charge in [-0.3, -0.25) is 4.79 Å².